The van der Waals surface area contributed by atoms with Crippen molar-refractivity contribution in [1.82, 2.24) is 14.9 Å². The smallest absolute Gasteiger partial charge is 0.124 e. The number of rotatable bonds is 6. The van der Waals surface area contributed by atoms with Crippen LogP contribution in [-0.4, -0.2) is 23.7 Å². The number of imidazole rings is 1. The number of halogens is 1. The molecule has 2 rings (SSSR count). The molecule has 4 nitrogen and oxygen atoms in total. The van der Waals surface area contributed by atoms with Crippen LogP contribution in [0.2, 0.25) is 0 Å². The first-order valence-corrected chi connectivity index (χ1v) is 7.49. The van der Waals surface area contributed by atoms with Gasteiger partial charge in [-0.3, -0.25) is 0 Å². The van der Waals surface area contributed by atoms with Gasteiger partial charge in [0.2, 0.25) is 0 Å². The van der Waals surface area contributed by atoms with Crippen molar-refractivity contribution in [2.45, 2.75) is 25.9 Å². The summed E-state index contributed by atoms with van der Waals surface area (Å²) in [6.45, 7) is 3.06. The molecular formula is C15H20BrN3O. The van der Waals surface area contributed by atoms with Gasteiger partial charge >= 0.3 is 0 Å². The minimum absolute atomic E-state index is 0.172. The Morgan fingerprint density at radius 3 is 2.90 bits per heavy atom. The SMILES string of the molecule is CCn1ccnc1CC(NC)c1ccc(Br)cc1OC. The second-order valence-electron chi connectivity index (χ2n) is 4.56. The second-order valence-corrected chi connectivity index (χ2v) is 5.48. The van der Waals surface area contributed by atoms with Crippen LogP contribution in [0.1, 0.15) is 24.4 Å². The van der Waals surface area contributed by atoms with Gasteiger partial charge in [-0.2, -0.15) is 0 Å². The summed E-state index contributed by atoms with van der Waals surface area (Å²) in [7, 11) is 3.66. The van der Waals surface area contributed by atoms with Gasteiger partial charge in [0.15, 0.2) is 0 Å². The molecule has 0 saturated heterocycles. The van der Waals surface area contributed by atoms with E-state index in [4.69, 9.17) is 4.74 Å². The highest BCUT2D eigenvalue weighted by Gasteiger charge is 2.17. The van der Waals surface area contributed by atoms with Crippen LogP contribution in [0.3, 0.4) is 0 Å². The number of likely N-dealkylation sites (N-methyl/N-ethyl adjacent to an activating group) is 1. The molecule has 1 unspecified atom stereocenters. The lowest BCUT2D eigenvalue weighted by atomic mass is 10.0. The zero-order valence-electron chi connectivity index (χ0n) is 12.1. The van der Waals surface area contributed by atoms with Crippen molar-refractivity contribution in [2.24, 2.45) is 0 Å². The van der Waals surface area contributed by atoms with E-state index in [9.17, 15) is 0 Å². The Balaban J connectivity index is 2.28. The summed E-state index contributed by atoms with van der Waals surface area (Å²) in [5, 5.41) is 3.35. The third kappa shape index (κ3) is 3.22. The van der Waals surface area contributed by atoms with Crippen LogP contribution in [0.4, 0.5) is 0 Å². The van der Waals surface area contributed by atoms with E-state index in [-0.39, 0.29) is 6.04 Å². The molecule has 20 heavy (non-hydrogen) atoms. The van der Waals surface area contributed by atoms with Crippen molar-refractivity contribution in [2.75, 3.05) is 14.2 Å². The molecule has 0 radical (unpaired) electrons. The van der Waals surface area contributed by atoms with Crippen LogP contribution < -0.4 is 10.1 Å². The van der Waals surface area contributed by atoms with Gasteiger partial charge in [0.1, 0.15) is 11.6 Å². The molecule has 0 aliphatic carbocycles. The predicted octanol–water partition coefficient (Wildman–Crippen LogP) is 3.18. The van der Waals surface area contributed by atoms with Crippen molar-refractivity contribution >= 4 is 15.9 Å². The number of ether oxygens (including phenoxy) is 1. The van der Waals surface area contributed by atoms with E-state index in [1.54, 1.807) is 7.11 Å². The van der Waals surface area contributed by atoms with Gasteiger partial charge in [0.25, 0.3) is 0 Å². The van der Waals surface area contributed by atoms with Crippen molar-refractivity contribution in [1.29, 1.82) is 0 Å². The summed E-state index contributed by atoms with van der Waals surface area (Å²) in [6.07, 6.45) is 4.70. The fraction of sp³-hybridized carbons (Fsp3) is 0.400. The van der Waals surface area contributed by atoms with Crippen LogP contribution in [0.15, 0.2) is 35.1 Å². The van der Waals surface area contributed by atoms with Gasteiger partial charge in [0.05, 0.1) is 7.11 Å². The average Bonchev–Trinajstić information content (AvgIpc) is 2.92. The topological polar surface area (TPSA) is 39.1 Å². The number of nitrogens with zero attached hydrogens (tertiary/aromatic N) is 2. The minimum atomic E-state index is 0.172. The Labute approximate surface area is 128 Å². The van der Waals surface area contributed by atoms with Gasteiger partial charge < -0.3 is 14.6 Å². The molecular weight excluding hydrogens is 318 g/mol. The molecule has 0 fully saturated rings. The quantitative estimate of drug-likeness (QED) is 0.879. The molecule has 108 valence electrons. The van der Waals surface area contributed by atoms with E-state index in [1.165, 1.54) is 0 Å². The van der Waals surface area contributed by atoms with E-state index in [0.717, 1.165) is 34.6 Å². The van der Waals surface area contributed by atoms with E-state index >= 15 is 0 Å². The lowest BCUT2D eigenvalue weighted by Crippen LogP contribution is -2.21. The maximum Gasteiger partial charge on any atom is 0.124 e. The number of nitrogens with one attached hydrogen (secondary N) is 1. The highest BCUT2D eigenvalue weighted by Crippen LogP contribution is 2.30. The number of benzene rings is 1. The third-order valence-electron chi connectivity index (χ3n) is 3.45. The highest BCUT2D eigenvalue weighted by molar-refractivity contribution is 9.10. The van der Waals surface area contributed by atoms with Crippen LogP contribution >= 0.6 is 15.9 Å². The summed E-state index contributed by atoms with van der Waals surface area (Å²) in [4.78, 5) is 4.45. The molecule has 0 aliphatic heterocycles. The van der Waals surface area contributed by atoms with Gasteiger partial charge in [0, 0.05) is 41.4 Å². The van der Waals surface area contributed by atoms with Crippen LogP contribution in [0.25, 0.3) is 0 Å². The van der Waals surface area contributed by atoms with E-state index in [1.807, 2.05) is 31.6 Å². The minimum Gasteiger partial charge on any atom is -0.496 e. The van der Waals surface area contributed by atoms with Crippen molar-refractivity contribution in [3.63, 3.8) is 0 Å². The predicted molar refractivity (Wildman–Crippen MR) is 84.1 cm³/mol. The monoisotopic (exact) mass is 337 g/mol. The molecule has 1 aromatic heterocycles. The zero-order valence-corrected chi connectivity index (χ0v) is 13.6. The molecule has 1 heterocycles. The Kier molecular flexibility index (Phi) is 5.20. The van der Waals surface area contributed by atoms with Crippen molar-refractivity contribution < 1.29 is 4.74 Å². The number of hydrogen-bond acceptors (Lipinski definition) is 3. The Bertz CT molecular complexity index is 568. The largest absolute Gasteiger partial charge is 0.496 e. The maximum absolute atomic E-state index is 5.49. The van der Waals surface area contributed by atoms with Crippen molar-refractivity contribution in [3.8, 4) is 5.75 Å². The van der Waals surface area contributed by atoms with Crippen LogP contribution in [0.5, 0.6) is 5.75 Å². The first-order valence-electron chi connectivity index (χ1n) is 6.70. The Morgan fingerprint density at radius 2 is 2.25 bits per heavy atom. The first-order chi connectivity index (χ1) is 9.69. The molecule has 1 atom stereocenters. The Morgan fingerprint density at radius 1 is 1.45 bits per heavy atom. The van der Waals surface area contributed by atoms with Crippen LogP contribution in [0, 0.1) is 0 Å². The second kappa shape index (κ2) is 6.90. The zero-order chi connectivity index (χ0) is 14.5. The summed E-state index contributed by atoms with van der Waals surface area (Å²) < 4.78 is 8.67. The molecule has 0 bridgehead atoms. The number of hydrogen-bond donors (Lipinski definition) is 1. The van der Waals surface area contributed by atoms with Gasteiger partial charge in [-0.1, -0.05) is 22.0 Å². The fourth-order valence-electron chi connectivity index (χ4n) is 2.34. The van der Waals surface area contributed by atoms with E-state index in [0.29, 0.717) is 0 Å². The third-order valence-corrected chi connectivity index (χ3v) is 3.94. The normalized spacial score (nSPS) is 12.4. The van der Waals surface area contributed by atoms with Crippen LogP contribution in [-0.2, 0) is 13.0 Å². The molecule has 1 aromatic carbocycles. The maximum atomic E-state index is 5.49. The molecule has 0 aliphatic rings. The molecule has 0 amide bonds. The van der Waals surface area contributed by atoms with Crippen molar-refractivity contribution in [3.05, 3.63) is 46.5 Å². The van der Waals surface area contributed by atoms with E-state index in [2.05, 4.69) is 43.8 Å². The standard InChI is InChI=1S/C15H20BrN3O/c1-4-19-8-7-18-15(19)10-13(17-2)12-6-5-11(16)9-14(12)20-3/h5-9,13,17H,4,10H2,1-3H3. The summed E-state index contributed by atoms with van der Waals surface area (Å²) >= 11 is 3.47. The fourth-order valence-corrected chi connectivity index (χ4v) is 2.68. The number of aromatic nitrogens is 2. The average molecular weight is 338 g/mol. The lowest BCUT2D eigenvalue weighted by molar-refractivity contribution is 0.399. The van der Waals surface area contributed by atoms with E-state index < -0.39 is 0 Å². The number of aryl methyl sites for hydroxylation is 1. The van der Waals surface area contributed by atoms with Gasteiger partial charge in [-0.25, -0.2) is 4.98 Å². The molecule has 1 N–H and O–H groups in total. The molecule has 0 saturated carbocycles. The van der Waals surface area contributed by atoms with Gasteiger partial charge in [-0.05, 0) is 26.1 Å². The summed E-state index contributed by atoms with van der Waals surface area (Å²) in [5.41, 5.74) is 1.14. The lowest BCUT2D eigenvalue weighted by Gasteiger charge is -2.20. The number of methoxy groups -OCH3 is 1. The summed E-state index contributed by atoms with van der Waals surface area (Å²) in [6, 6.07) is 6.29. The molecule has 5 heteroatoms. The first kappa shape index (κ1) is 15.1. The summed E-state index contributed by atoms with van der Waals surface area (Å²) in [5.74, 6) is 1.96. The highest BCUT2D eigenvalue weighted by atomic mass is 79.9. The van der Waals surface area contributed by atoms with Gasteiger partial charge in [-0.15, -0.1) is 0 Å². The Hall–Kier alpha value is -1.33. The molecule has 2 aromatic rings. The molecule has 0 spiro atoms.